The number of H-pyrrole nitrogens is 2. The van der Waals surface area contributed by atoms with Crippen LogP contribution in [0.2, 0.25) is 0 Å². The summed E-state index contributed by atoms with van der Waals surface area (Å²) < 4.78 is 17.6. The topological polar surface area (TPSA) is 66.6 Å². The van der Waals surface area contributed by atoms with Crippen molar-refractivity contribution in [2.24, 2.45) is 0 Å². The maximum atomic E-state index is 12.2. The van der Waals surface area contributed by atoms with Crippen molar-refractivity contribution in [1.82, 2.24) is 20.2 Å². The molecule has 0 amide bonds. The van der Waals surface area contributed by atoms with Crippen LogP contribution in [0, 0.1) is 0 Å². The van der Waals surface area contributed by atoms with Gasteiger partial charge in [0.05, 0.1) is 28.7 Å². The van der Waals surface area contributed by atoms with Crippen molar-refractivity contribution >= 4 is 11.0 Å². The van der Waals surface area contributed by atoms with Gasteiger partial charge in [-0.15, -0.1) is 0 Å². The molecule has 0 bridgehead atoms. The van der Waals surface area contributed by atoms with Gasteiger partial charge in [-0.25, -0.2) is 9.37 Å². The van der Waals surface area contributed by atoms with Crippen LogP contribution in [0.5, 0.6) is 5.75 Å². The molecule has 2 N–H and O–H groups in total. The molecule has 0 unspecified atom stereocenters. The molecule has 120 valence electrons. The lowest BCUT2D eigenvalue weighted by Crippen LogP contribution is -1.98. The number of ether oxygens (including phenoxy) is 1. The quantitative estimate of drug-likeness (QED) is 0.584. The van der Waals surface area contributed by atoms with Crippen molar-refractivity contribution in [1.29, 1.82) is 0 Å². The first-order valence-corrected chi connectivity index (χ1v) is 7.61. The maximum Gasteiger partial charge on any atom is 0.123 e. The number of fused-ring (bicyclic) bond motifs is 1. The Bertz CT molecular complexity index is 976. The van der Waals surface area contributed by atoms with E-state index in [0.29, 0.717) is 5.75 Å². The zero-order chi connectivity index (χ0) is 16.4. The molecule has 2 aromatic heterocycles. The molecule has 0 aliphatic rings. The Morgan fingerprint density at radius 2 is 2.00 bits per heavy atom. The lowest BCUT2D eigenvalue weighted by atomic mass is 10.1. The van der Waals surface area contributed by atoms with Crippen LogP contribution >= 0.6 is 0 Å². The first kappa shape index (κ1) is 14.4. The van der Waals surface area contributed by atoms with E-state index in [4.69, 9.17) is 4.74 Å². The van der Waals surface area contributed by atoms with Crippen LogP contribution in [0.15, 0.2) is 54.9 Å². The second kappa shape index (κ2) is 6.16. The van der Waals surface area contributed by atoms with Crippen molar-refractivity contribution in [3.63, 3.8) is 0 Å². The number of benzene rings is 2. The lowest BCUT2D eigenvalue weighted by Gasteiger charge is -2.04. The van der Waals surface area contributed by atoms with Gasteiger partial charge in [0, 0.05) is 11.1 Å². The Morgan fingerprint density at radius 1 is 1.04 bits per heavy atom. The third-order valence-electron chi connectivity index (χ3n) is 3.79. The molecule has 0 fully saturated rings. The molecule has 0 radical (unpaired) electrons. The van der Waals surface area contributed by atoms with Crippen molar-refractivity contribution in [3.05, 3.63) is 54.9 Å². The molecule has 0 aliphatic heterocycles. The third-order valence-corrected chi connectivity index (χ3v) is 3.79. The highest BCUT2D eigenvalue weighted by atomic mass is 19.1. The SMILES string of the molecule is FCCOc1cccc(-c2cc(-c3ccc4[nH]cnc4c3)n[nH]2)c1. The molecule has 0 atom stereocenters. The molecular weight excluding hydrogens is 307 g/mol. The zero-order valence-corrected chi connectivity index (χ0v) is 12.8. The van der Waals surface area contributed by atoms with E-state index in [-0.39, 0.29) is 6.61 Å². The number of rotatable bonds is 5. The largest absolute Gasteiger partial charge is 0.491 e. The summed E-state index contributed by atoms with van der Waals surface area (Å²) in [5.74, 6) is 0.638. The second-order valence-corrected chi connectivity index (χ2v) is 5.37. The highest BCUT2D eigenvalue weighted by Crippen LogP contribution is 2.27. The van der Waals surface area contributed by atoms with E-state index in [1.807, 2.05) is 48.5 Å². The van der Waals surface area contributed by atoms with Crippen molar-refractivity contribution < 1.29 is 9.13 Å². The molecule has 0 saturated heterocycles. The molecule has 0 aliphatic carbocycles. The number of nitrogens with zero attached hydrogens (tertiary/aromatic N) is 2. The van der Waals surface area contributed by atoms with Crippen molar-refractivity contribution in [3.8, 4) is 28.3 Å². The minimum Gasteiger partial charge on any atom is -0.491 e. The first-order valence-electron chi connectivity index (χ1n) is 7.61. The van der Waals surface area contributed by atoms with Crippen LogP contribution < -0.4 is 4.74 Å². The third kappa shape index (κ3) is 2.74. The average Bonchev–Trinajstić information content (AvgIpc) is 3.28. The summed E-state index contributed by atoms with van der Waals surface area (Å²) in [7, 11) is 0. The minimum atomic E-state index is -0.506. The van der Waals surface area contributed by atoms with E-state index in [1.54, 1.807) is 6.33 Å². The number of alkyl halides is 1. The highest BCUT2D eigenvalue weighted by molar-refractivity contribution is 5.81. The van der Waals surface area contributed by atoms with Gasteiger partial charge >= 0.3 is 0 Å². The smallest absolute Gasteiger partial charge is 0.123 e. The van der Waals surface area contributed by atoms with E-state index in [2.05, 4.69) is 20.2 Å². The standard InChI is InChI=1S/C18H15FN4O/c19-6-7-24-14-3-1-2-12(8-14)16-10-17(23-22-16)13-4-5-15-18(9-13)21-11-20-15/h1-5,8-11H,6-7H2,(H,20,21)(H,22,23). The van der Waals surface area contributed by atoms with Gasteiger partial charge in [0.25, 0.3) is 0 Å². The normalized spacial score (nSPS) is 11.0. The van der Waals surface area contributed by atoms with Crippen LogP contribution in [0.3, 0.4) is 0 Å². The molecule has 4 aromatic rings. The number of hydrogen-bond acceptors (Lipinski definition) is 3. The van der Waals surface area contributed by atoms with Gasteiger partial charge in [-0.3, -0.25) is 5.10 Å². The number of halogens is 1. The summed E-state index contributed by atoms with van der Waals surface area (Å²) in [6.07, 6.45) is 1.67. The fraction of sp³-hybridized carbons (Fsp3) is 0.111. The fourth-order valence-electron chi connectivity index (χ4n) is 2.62. The lowest BCUT2D eigenvalue weighted by molar-refractivity contribution is 0.273. The van der Waals surface area contributed by atoms with Gasteiger partial charge in [-0.05, 0) is 30.3 Å². The number of hydrogen-bond donors (Lipinski definition) is 2. The summed E-state index contributed by atoms with van der Waals surface area (Å²) in [5, 5.41) is 7.42. The second-order valence-electron chi connectivity index (χ2n) is 5.37. The monoisotopic (exact) mass is 322 g/mol. The molecule has 5 nitrogen and oxygen atoms in total. The molecule has 6 heteroatoms. The van der Waals surface area contributed by atoms with Crippen molar-refractivity contribution in [2.45, 2.75) is 0 Å². The van der Waals surface area contributed by atoms with Crippen LogP contribution in [0.4, 0.5) is 4.39 Å². The van der Waals surface area contributed by atoms with Gasteiger partial charge in [-0.2, -0.15) is 5.10 Å². The number of nitrogens with one attached hydrogen (secondary N) is 2. The molecule has 2 aromatic carbocycles. The van der Waals surface area contributed by atoms with E-state index < -0.39 is 6.67 Å². The maximum absolute atomic E-state index is 12.2. The Hall–Kier alpha value is -3.15. The van der Waals surface area contributed by atoms with Gasteiger partial charge in [0.2, 0.25) is 0 Å². The minimum absolute atomic E-state index is 0.0569. The number of aromatic amines is 2. The summed E-state index contributed by atoms with van der Waals surface area (Å²) in [6.45, 7) is -0.449. The van der Waals surface area contributed by atoms with Crippen LogP contribution in [0.25, 0.3) is 33.5 Å². The molecule has 4 rings (SSSR count). The molecule has 24 heavy (non-hydrogen) atoms. The summed E-state index contributed by atoms with van der Waals surface area (Å²) >= 11 is 0. The Morgan fingerprint density at radius 3 is 2.92 bits per heavy atom. The summed E-state index contributed by atoms with van der Waals surface area (Å²) in [5.41, 5.74) is 5.53. The van der Waals surface area contributed by atoms with Gasteiger partial charge in [0.15, 0.2) is 0 Å². The molecule has 2 heterocycles. The summed E-state index contributed by atoms with van der Waals surface area (Å²) in [4.78, 5) is 7.34. The van der Waals surface area contributed by atoms with Gasteiger partial charge in [0.1, 0.15) is 19.0 Å². The molecule has 0 spiro atoms. The van der Waals surface area contributed by atoms with Crippen LogP contribution in [-0.4, -0.2) is 33.4 Å². The van der Waals surface area contributed by atoms with Gasteiger partial charge in [-0.1, -0.05) is 18.2 Å². The first-order chi connectivity index (χ1) is 11.8. The number of imidazole rings is 1. The van der Waals surface area contributed by atoms with E-state index in [1.165, 1.54) is 0 Å². The Labute approximate surface area is 137 Å². The van der Waals surface area contributed by atoms with Crippen molar-refractivity contribution in [2.75, 3.05) is 13.3 Å². The fourth-order valence-corrected chi connectivity index (χ4v) is 2.62. The summed E-state index contributed by atoms with van der Waals surface area (Å²) in [6, 6.07) is 15.5. The molecular formula is C18H15FN4O. The highest BCUT2D eigenvalue weighted by Gasteiger charge is 2.08. The van der Waals surface area contributed by atoms with Gasteiger partial charge < -0.3 is 9.72 Å². The predicted octanol–water partition coefficient (Wildman–Crippen LogP) is 3.97. The Kier molecular flexibility index (Phi) is 3.70. The number of aromatic nitrogens is 4. The predicted molar refractivity (Wildman–Crippen MR) is 90.6 cm³/mol. The van der Waals surface area contributed by atoms with E-state index in [0.717, 1.165) is 33.5 Å². The van der Waals surface area contributed by atoms with E-state index >= 15 is 0 Å². The molecule has 0 saturated carbocycles. The zero-order valence-electron chi connectivity index (χ0n) is 12.8. The van der Waals surface area contributed by atoms with Crippen LogP contribution in [0.1, 0.15) is 0 Å². The van der Waals surface area contributed by atoms with Crippen LogP contribution in [-0.2, 0) is 0 Å². The van der Waals surface area contributed by atoms with E-state index in [9.17, 15) is 4.39 Å². The Balaban J connectivity index is 1.64. The average molecular weight is 322 g/mol.